The zero-order chi connectivity index (χ0) is 15.6. The van der Waals surface area contributed by atoms with Gasteiger partial charge >= 0.3 is 0 Å². The molecular weight excluding hydrogens is 292 g/mol. The van der Waals surface area contributed by atoms with Crippen LogP contribution in [-0.4, -0.2) is 22.5 Å². The van der Waals surface area contributed by atoms with Crippen molar-refractivity contribution in [2.75, 3.05) is 14.2 Å². The van der Waals surface area contributed by atoms with Crippen LogP contribution in [0, 0.1) is 0 Å². The van der Waals surface area contributed by atoms with E-state index in [-0.39, 0.29) is 5.04 Å². The maximum atomic E-state index is 6.46. The van der Waals surface area contributed by atoms with Gasteiger partial charge in [0, 0.05) is 11.6 Å². The third-order valence-corrected chi connectivity index (χ3v) is 8.77. The molecule has 0 aliphatic rings. The van der Waals surface area contributed by atoms with Gasteiger partial charge in [0.25, 0.3) is 0 Å². The number of alkyl halides is 1. The van der Waals surface area contributed by atoms with Crippen molar-refractivity contribution in [2.24, 2.45) is 0 Å². The highest BCUT2D eigenvalue weighted by molar-refractivity contribution is 6.74. The van der Waals surface area contributed by atoms with Crippen molar-refractivity contribution < 1.29 is 13.9 Å². The van der Waals surface area contributed by atoms with Gasteiger partial charge in [-0.1, -0.05) is 32.4 Å². The molecule has 0 N–H and O–H groups in total. The second kappa shape index (κ2) is 6.37. The summed E-state index contributed by atoms with van der Waals surface area (Å²) >= 11 is 6.46. The average molecular weight is 317 g/mol. The molecule has 0 fully saturated rings. The highest BCUT2D eigenvalue weighted by Crippen LogP contribution is 2.41. The lowest BCUT2D eigenvalue weighted by molar-refractivity contribution is 0.258. The Kier molecular flexibility index (Phi) is 5.52. The van der Waals surface area contributed by atoms with Crippen molar-refractivity contribution in [3.63, 3.8) is 0 Å². The molecule has 1 aromatic rings. The van der Waals surface area contributed by atoms with E-state index in [0.717, 1.165) is 5.56 Å². The molecule has 0 aliphatic heterocycles. The Balaban J connectivity index is 3.00. The van der Waals surface area contributed by atoms with Crippen molar-refractivity contribution >= 4 is 19.9 Å². The van der Waals surface area contributed by atoms with E-state index in [9.17, 15) is 0 Å². The third-order valence-electron chi connectivity index (χ3n) is 3.84. The first-order valence-electron chi connectivity index (χ1n) is 6.65. The smallest absolute Gasteiger partial charge is 0.194 e. The first kappa shape index (κ1) is 17.3. The minimum atomic E-state index is -1.92. The SMILES string of the molecule is COc1cc(OC)cc(C(Cl)O[Si](C)(C)C(C)(C)C)c1. The summed E-state index contributed by atoms with van der Waals surface area (Å²) in [6.45, 7) is 10.9. The number of hydrogen-bond donors (Lipinski definition) is 0. The number of halogens is 1. The molecule has 3 nitrogen and oxygen atoms in total. The van der Waals surface area contributed by atoms with Crippen LogP contribution in [0.15, 0.2) is 18.2 Å². The summed E-state index contributed by atoms with van der Waals surface area (Å²) in [5.74, 6) is 1.42. The predicted molar refractivity (Wildman–Crippen MR) is 86.4 cm³/mol. The summed E-state index contributed by atoms with van der Waals surface area (Å²) in [5, 5.41) is 0.114. The van der Waals surface area contributed by atoms with Crippen LogP contribution in [0.2, 0.25) is 18.1 Å². The molecule has 0 aromatic heterocycles. The molecule has 0 amide bonds. The molecular formula is C15H25ClO3Si. The van der Waals surface area contributed by atoms with Crippen molar-refractivity contribution in [3.05, 3.63) is 23.8 Å². The molecule has 1 unspecified atom stereocenters. The molecule has 5 heteroatoms. The summed E-state index contributed by atoms with van der Waals surface area (Å²) < 4.78 is 16.7. The van der Waals surface area contributed by atoms with E-state index in [1.807, 2.05) is 18.2 Å². The van der Waals surface area contributed by atoms with Crippen molar-refractivity contribution in [1.29, 1.82) is 0 Å². The van der Waals surface area contributed by atoms with Crippen molar-refractivity contribution in [1.82, 2.24) is 0 Å². The van der Waals surface area contributed by atoms with Crippen LogP contribution >= 0.6 is 11.6 Å². The van der Waals surface area contributed by atoms with Crippen LogP contribution in [0.4, 0.5) is 0 Å². The molecule has 0 saturated carbocycles. The Morgan fingerprint density at radius 1 is 1.00 bits per heavy atom. The van der Waals surface area contributed by atoms with Gasteiger partial charge in [-0.2, -0.15) is 0 Å². The molecule has 20 heavy (non-hydrogen) atoms. The minimum Gasteiger partial charge on any atom is -0.497 e. The second-order valence-electron chi connectivity index (χ2n) is 6.34. The number of methoxy groups -OCH3 is 2. The van der Waals surface area contributed by atoms with Crippen molar-refractivity contribution in [3.8, 4) is 11.5 Å². The van der Waals surface area contributed by atoms with E-state index in [1.54, 1.807) is 14.2 Å². The molecule has 114 valence electrons. The number of ether oxygens (including phenoxy) is 2. The average Bonchev–Trinajstić information content (AvgIpc) is 2.36. The molecule has 1 rings (SSSR count). The van der Waals surface area contributed by atoms with Gasteiger partial charge in [0.15, 0.2) is 8.32 Å². The van der Waals surface area contributed by atoms with E-state index in [4.69, 9.17) is 25.5 Å². The van der Waals surface area contributed by atoms with E-state index in [2.05, 4.69) is 33.9 Å². The van der Waals surface area contributed by atoms with Crippen molar-refractivity contribution in [2.45, 2.75) is 44.5 Å². The van der Waals surface area contributed by atoms with Crippen LogP contribution in [0.25, 0.3) is 0 Å². The van der Waals surface area contributed by atoms with Crippen LogP contribution < -0.4 is 9.47 Å². The van der Waals surface area contributed by atoms with E-state index < -0.39 is 13.9 Å². The lowest BCUT2D eigenvalue weighted by Gasteiger charge is -2.37. The second-order valence-corrected chi connectivity index (χ2v) is 11.5. The third kappa shape index (κ3) is 4.14. The summed E-state index contributed by atoms with van der Waals surface area (Å²) in [4.78, 5) is 0. The monoisotopic (exact) mass is 316 g/mol. The minimum absolute atomic E-state index is 0.114. The predicted octanol–water partition coefficient (Wildman–Crippen LogP) is 4.96. The van der Waals surface area contributed by atoms with Gasteiger partial charge in [-0.15, -0.1) is 0 Å². The Labute approximate surface area is 128 Å². The highest BCUT2D eigenvalue weighted by Gasteiger charge is 2.39. The lowest BCUT2D eigenvalue weighted by Crippen LogP contribution is -2.41. The van der Waals surface area contributed by atoms with Gasteiger partial charge in [0.05, 0.1) is 14.2 Å². The van der Waals surface area contributed by atoms with Gasteiger partial charge < -0.3 is 13.9 Å². The molecule has 0 aliphatic carbocycles. The van der Waals surface area contributed by atoms with Gasteiger partial charge in [-0.3, -0.25) is 0 Å². The largest absolute Gasteiger partial charge is 0.497 e. The summed E-state index contributed by atoms with van der Waals surface area (Å²) in [5.41, 5.74) is 0.354. The first-order chi connectivity index (χ1) is 9.10. The Morgan fingerprint density at radius 2 is 1.45 bits per heavy atom. The summed E-state index contributed by atoms with van der Waals surface area (Å²) in [7, 11) is 1.32. The van der Waals surface area contributed by atoms with Crippen LogP contribution in [0.3, 0.4) is 0 Å². The van der Waals surface area contributed by atoms with Crippen LogP contribution in [0.1, 0.15) is 31.9 Å². The van der Waals surface area contributed by atoms with E-state index in [0.29, 0.717) is 11.5 Å². The van der Waals surface area contributed by atoms with Gasteiger partial charge in [0.2, 0.25) is 0 Å². The fraction of sp³-hybridized carbons (Fsp3) is 0.600. The molecule has 0 heterocycles. The molecule has 1 atom stereocenters. The van der Waals surface area contributed by atoms with E-state index in [1.165, 1.54) is 0 Å². The number of benzene rings is 1. The Bertz CT molecular complexity index is 433. The topological polar surface area (TPSA) is 27.7 Å². The van der Waals surface area contributed by atoms with Crippen LogP contribution in [0.5, 0.6) is 11.5 Å². The fourth-order valence-corrected chi connectivity index (χ4v) is 3.27. The maximum absolute atomic E-state index is 6.46. The van der Waals surface area contributed by atoms with E-state index >= 15 is 0 Å². The molecule has 1 aromatic carbocycles. The highest BCUT2D eigenvalue weighted by atomic mass is 35.5. The fourth-order valence-electron chi connectivity index (χ4n) is 1.46. The quantitative estimate of drug-likeness (QED) is 0.567. The number of rotatable bonds is 5. The number of hydrogen-bond acceptors (Lipinski definition) is 3. The van der Waals surface area contributed by atoms with Gasteiger partial charge in [-0.25, -0.2) is 0 Å². The standard InChI is InChI=1S/C15H25ClO3Si/c1-15(2,3)20(6,7)19-14(16)11-8-12(17-4)10-13(9-11)18-5/h8-10,14H,1-7H3. The zero-order valence-corrected chi connectivity index (χ0v) is 15.2. The Hall–Kier alpha value is -0.713. The molecule has 0 spiro atoms. The first-order valence-corrected chi connectivity index (χ1v) is 10.00. The normalized spacial score (nSPS) is 14.0. The van der Waals surface area contributed by atoms with Crippen LogP contribution in [-0.2, 0) is 4.43 Å². The zero-order valence-electron chi connectivity index (χ0n) is 13.4. The molecule has 0 radical (unpaired) electrons. The summed E-state index contributed by atoms with van der Waals surface area (Å²) in [6, 6.07) is 5.58. The summed E-state index contributed by atoms with van der Waals surface area (Å²) in [6.07, 6.45) is 0. The molecule has 0 saturated heterocycles. The van der Waals surface area contributed by atoms with Gasteiger partial charge in [0.1, 0.15) is 17.1 Å². The maximum Gasteiger partial charge on any atom is 0.194 e. The Morgan fingerprint density at radius 3 is 1.80 bits per heavy atom. The lowest BCUT2D eigenvalue weighted by atomic mass is 10.2. The van der Waals surface area contributed by atoms with Gasteiger partial charge in [-0.05, 0) is 30.3 Å². The molecule has 0 bridgehead atoms.